The van der Waals surface area contributed by atoms with Crippen LogP contribution in [-0.4, -0.2) is 91.4 Å². The number of halogens is 6. The molecule has 17 heteroatoms. The van der Waals surface area contributed by atoms with Crippen LogP contribution in [0.1, 0.15) is 81.5 Å². The second-order valence-electron chi connectivity index (χ2n) is 19.4. The molecule has 2 heterocycles. The molecule has 2 aliphatic carbocycles. The molecule has 0 bridgehead atoms. The molecule has 74 heavy (non-hydrogen) atoms. The van der Waals surface area contributed by atoms with Gasteiger partial charge in [-0.05, 0) is 149 Å². The standard InChI is InChI=1S/C57H58F6N2O9/c1-29-33(13-5-17-37(29)58)41-43(49(70)35-15-7-19-39(68)47(35)60)45(31-11-9-23-64-27-31)56(21-25-66,53(62)51(41)73-3)55(72)57(22-26-67)46(32-12-10-24-65-28-32)44(50(71)36-16-8-20-40(69)48(36)61)42(52(74-4)54(57)63)34-14-6-18-38(59)30(34)2/h5-8,13-20,31-32,45-46,64-69H,9-12,21-28H2,1-4H3/t31?,32?,45-,46-,56+,57+/m0/s1. The normalized spacial score (nSPS) is 24.6. The van der Waals surface area contributed by atoms with Crippen molar-refractivity contribution in [2.24, 2.45) is 34.5 Å². The number of hydrogen-bond acceptors (Lipinski definition) is 11. The Morgan fingerprint density at radius 3 is 1.31 bits per heavy atom. The highest BCUT2D eigenvalue weighted by Crippen LogP contribution is 2.66. The van der Waals surface area contributed by atoms with Crippen LogP contribution in [0.15, 0.2) is 107 Å². The second-order valence-corrected chi connectivity index (χ2v) is 19.4. The lowest BCUT2D eigenvalue weighted by molar-refractivity contribution is -0.148. The number of carbonyl (C=O) groups is 3. The molecule has 2 aliphatic heterocycles. The highest BCUT2D eigenvalue weighted by Gasteiger charge is 2.69. The van der Waals surface area contributed by atoms with E-state index in [-0.39, 0.29) is 48.2 Å². The smallest absolute Gasteiger partial charge is 0.193 e. The molecule has 0 saturated carbocycles. The van der Waals surface area contributed by atoms with Gasteiger partial charge >= 0.3 is 0 Å². The van der Waals surface area contributed by atoms with E-state index in [1.165, 1.54) is 50.2 Å². The van der Waals surface area contributed by atoms with Crippen molar-refractivity contribution >= 4 is 28.5 Å². The first kappa shape index (κ1) is 53.8. The van der Waals surface area contributed by atoms with E-state index in [1.54, 1.807) is 0 Å². The van der Waals surface area contributed by atoms with E-state index < -0.39 is 169 Å². The predicted molar refractivity (Wildman–Crippen MR) is 263 cm³/mol. The minimum Gasteiger partial charge on any atom is -0.505 e. The summed E-state index contributed by atoms with van der Waals surface area (Å²) in [6.45, 7) is 1.35. The van der Waals surface area contributed by atoms with Crippen molar-refractivity contribution in [2.45, 2.75) is 52.4 Å². The lowest BCUT2D eigenvalue weighted by Gasteiger charge is -2.54. The number of aromatic hydroxyl groups is 2. The molecule has 2 saturated heterocycles. The van der Waals surface area contributed by atoms with Crippen molar-refractivity contribution in [3.8, 4) is 11.5 Å². The fourth-order valence-electron chi connectivity index (χ4n) is 12.4. The molecule has 4 aliphatic rings. The van der Waals surface area contributed by atoms with Gasteiger partial charge in [0.25, 0.3) is 0 Å². The number of hydrogen-bond donors (Lipinski definition) is 6. The molecule has 4 aromatic rings. The van der Waals surface area contributed by atoms with Crippen LogP contribution >= 0.6 is 0 Å². The summed E-state index contributed by atoms with van der Waals surface area (Å²) in [6, 6.07) is 14.0. The number of ketones is 3. The van der Waals surface area contributed by atoms with Crippen LogP contribution in [0.3, 0.4) is 0 Å². The SMILES string of the molecule is COC1=C(F)[C@](CCO)(C(=O)[C@@]2(CCO)C(F)=C(OC)C(c3cccc(F)c3C)=C(C(=O)c3cccc(O)c3F)[C@@H]2C2CCCNC2)[C@@H](C2CCCNC2)C(C(=O)c2cccc(O)c2F)=C1c1cccc(F)c1C. The molecule has 2 fully saturated rings. The first-order valence-corrected chi connectivity index (χ1v) is 24.6. The van der Waals surface area contributed by atoms with Gasteiger partial charge in [-0.1, -0.05) is 36.4 Å². The predicted octanol–water partition coefficient (Wildman–Crippen LogP) is 9.46. The Bertz CT molecular complexity index is 2830. The van der Waals surface area contributed by atoms with Gasteiger partial charge in [0.15, 0.2) is 63.7 Å². The van der Waals surface area contributed by atoms with E-state index in [0.717, 1.165) is 50.6 Å². The molecule has 0 radical (unpaired) electrons. The summed E-state index contributed by atoms with van der Waals surface area (Å²) in [5.41, 5.74) is -9.72. The molecular formula is C57H58F6N2O9. The molecule has 6 N–H and O–H groups in total. The summed E-state index contributed by atoms with van der Waals surface area (Å²) in [4.78, 5) is 49.0. The molecule has 392 valence electrons. The molecule has 0 spiro atoms. The molecular weight excluding hydrogens is 971 g/mol. The summed E-state index contributed by atoms with van der Waals surface area (Å²) in [5, 5.41) is 50.6. The average Bonchev–Trinajstić information content (AvgIpc) is 3.40. The number of rotatable bonds is 16. The fourth-order valence-corrected chi connectivity index (χ4v) is 12.4. The maximum atomic E-state index is 19.5. The highest BCUT2D eigenvalue weighted by atomic mass is 19.1. The summed E-state index contributed by atoms with van der Waals surface area (Å²) < 4.78 is 115. The summed E-state index contributed by atoms with van der Waals surface area (Å²) >= 11 is 0. The fraction of sp³-hybridized carbons (Fsp3) is 0.386. The van der Waals surface area contributed by atoms with Crippen molar-refractivity contribution in [1.82, 2.24) is 10.6 Å². The number of phenols is 2. The van der Waals surface area contributed by atoms with Crippen molar-refractivity contribution in [3.05, 3.63) is 164 Å². The van der Waals surface area contributed by atoms with E-state index in [0.29, 0.717) is 25.9 Å². The number of methoxy groups -OCH3 is 2. The minimum atomic E-state index is -2.98. The second kappa shape index (κ2) is 21.7. The van der Waals surface area contributed by atoms with E-state index in [1.807, 2.05) is 0 Å². The maximum absolute atomic E-state index is 19.5. The molecule has 2 unspecified atom stereocenters. The Labute approximate surface area is 424 Å². The van der Waals surface area contributed by atoms with Crippen molar-refractivity contribution < 1.29 is 70.6 Å². The van der Waals surface area contributed by atoms with Crippen LogP contribution in [0, 0.1) is 71.6 Å². The maximum Gasteiger partial charge on any atom is 0.193 e. The van der Waals surface area contributed by atoms with Crippen LogP contribution in [0.4, 0.5) is 26.3 Å². The van der Waals surface area contributed by atoms with E-state index in [2.05, 4.69) is 10.6 Å². The van der Waals surface area contributed by atoms with E-state index >= 15 is 40.7 Å². The largest absolute Gasteiger partial charge is 0.505 e. The van der Waals surface area contributed by atoms with Gasteiger partial charge < -0.3 is 40.5 Å². The zero-order chi connectivity index (χ0) is 53.4. The van der Waals surface area contributed by atoms with Crippen LogP contribution in [0.2, 0.25) is 0 Å². The van der Waals surface area contributed by atoms with Crippen molar-refractivity contribution in [2.75, 3.05) is 53.6 Å². The minimum absolute atomic E-state index is 0.0521. The third kappa shape index (κ3) is 8.64. The van der Waals surface area contributed by atoms with Gasteiger partial charge in [0, 0.05) is 47.3 Å². The zero-order valence-corrected chi connectivity index (χ0v) is 41.3. The number of carbonyl (C=O) groups excluding carboxylic acids is 3. The van der Waals surface area contributed by atoms with E-state index in [9.17, 15) is 20.4 Å². The molecule has 0 amide bonds. The van der Waals surface area contributed by atoms with Crippen molar-refractivity contribution in [3.63, 3.8) is 0 Å². The molecule has 8 rings (SSSR count). The summed E-state index contributed by atoms with van der Waals surface area (Å²) in [5.74, 6) is -20.4. The molecule has 4 aromatic carbocycles. The van der Waals surface area contributed by atoms with Gasteiger partial charge in [-0.25, -0.2) is 26.3 Å². The Morgan fingerprint density at radius 1 is 0.595 bits per heavy atom. The van der Waals surface area contributed by atoms with Crippen LogP contribution in [0.25, 0.3) is 11.1 Å². The van der Waals surface area contributed by atoms with Crippen LogP contribution in [0.5, 0.6) is 11.5 Å². The number of aliphatic hydroxyl groups is 2. The number of piperidine rings is 2. The molecule has 11 nitrogen and oxygen atoms in total. The third-order valence-corrected chi connectivity index (χ3v) is 15.7. The Morgan fingerprint density at radius 2 is 0.973 bits per heavy atom. The number of ether oxygens (including phenoxy) is 2. The third-order valence-electron chi connectivity index (χ3n) is 15.7. The lowest BCUT2D eigenvalue weighted by Crippen LogP contribution is -2.60. The van der Waals surface area contributed by atoms with Gasteiger partial charge in [0.05, 0.1) is 36.2 Å². The Kier molecular flexibility index (Phi) is 15.8. The summed E-state index contributed by atoms with van der Waals surface area (Å²) in [6.07, 6.45) is -0.897. The molecule has 0 aromatic heterocycles. The Hall–Kier alpha value is -6.53. The highest BCUT2D eigenvalue weighted by molar-refractivity contribution is 6.19. The number of aliphatic hydroxyl groups excluding tert-OH is 2. The van der Waals surface area contributed by atoms with Crippen LogP contribution in [-0.2, 0) is 14.3 Å². The monoisotopic (exact) mass is 1030 g/mol. The Balaban J connectivity index is 1.57. The number of phenolic OH excluding ortho intramolecular Hbond substituents is 2. The quantitative estimate of drug-likeness (QED) is 0.0466. The molecule has 6 atom stereocenters. The average molecular weight is 1030 g/mol. The van der Waals surface area contributed by atoms with Gasteiger partial charge in [0.2, 0.25) is 0 Å². The lowest BCUT2D eigenvalue weighted by atomic mass is 9.47. The van der Waals surface area contributed by atoms with Crippen molar-refractivity contribution in [1.29, 1.82) is 0 Å². The first-order chi connectivity index (χ1) is 35.5. The number of nitrogens with one attached hydrogen (secondary N) is 2. The topological polar surface area (TPSA) is 175 Å². The number of benzene rings is 4. The van der Waals surface area contributed by atoms with Crippen LogP contribution < -0.4 is 10.6 Å². The number of Topliss-reactive ketones (excluding diaryl/α,β-unsaturated/α-hetero) is 3. The zero-order valence-electron chi connectivity index (χ0n) is 41.3. The van der Waals surface area contributed by atoms with E-state index in [4.69, 9.17) is 9.47 Å². The number of allylic oxidation sites excluding steroid dienone is 6. The van der Waals surface area contributed by atoms with Gasteiger partial charge in [-0.3, -0.25) is 14.4 Å². The summed E-state index contributed by atoms with van der Waals surface area (Å²) in [7, 11) is 2.02. The first-order valence-electron chi connectivity index (χ1n) is 24.6. The van der Waals surface area contributed by atoms with Gasteiger partial charge in [0.1, 0.15) is 11.6 Å². The van der Waals surface area contributed by atoms with Gasteiger partial charge in [-0.15, -0.1) is 0 Å². The van der Waals surface area contributed by atoms with Gasteiger partial charge in [-0.2, -0.15) is 0 Å².